The molecule has 1 heterocycles. The minimum Gasteiger partial charge on any atom is -0.493 e. The molecule has 2 fully saturated rings. The van der Waals surface area contributed by atoms with Crippen LogP contribution in [0.25, 0.3) is 0 Å². The Morgan fingerprint density at radius 1 is 1.22 bits per heavy atom. The van der Waals surface area contributed by atoms with E-state index in [2.05, 4.69) is 17.0 Å². The van der Waals surface area contributed by atoms with Crippen LogP contribution in [0.15, 0.2) is 24.3 Å². The Kier molecular flexibility index (Phi) is 5.55. The lowest BCUT2D eigenvalue weighted by molar-refractivity contribution is -0.141. The number of aliphatic carboxylic acids is 1. The van der Waals surface area contributed by atoms with E-state index in [1.165, 1.54) is 37.7 Å². The lowest BCUT2D eigenvalue weighted by Crippen LogP contribution is -2.22. The van der Waals surface area contributed by atoms with Crippen molar-refractivity contribution < 1.29 is 14.6 Å². The predicted molar refractivity (Wildman–Crippen MR) is 89.5 cm³/mol. The van der Waals surface area contributed by atoms with Crippen molar-refractivity contribution in [2.45, 2.75) is 45.1 Å². The van der Waals surface area contributed by atoms with Crippen molar-refractivity contribution in [3.8, 4) is 5.75 Å². The van der Waals surface area contributed by atoms with Crippen LogP contribution in [0.2, 0.25) is 0 Å². The molecule has 0 spiro atoms. The zero-order valence-electron chi connectivity index (χ0n) is 13.7. The van der Waals surface area contributed by atoms with Crippen molar-refractivity contribution in [2.24, 2.45) is 11.8 Å². The smallest absolute Gasteiger partial charge is 0.307 e. The molecule has 0 radical (unpaired) electrons. The van der Waals surface area contributed by atoms with Crippen LogP contribution < -0.4 is 4.74 Å². The van der Waals surface area contributed by atoms with Crippen LogP contribution in [0.3, 0.4) is 0 Å². The van der Waals surface area contributed by atoms with Gasteiger partial charge in [-0.05, 0) is 49.4 Å². The van der Waals surface area contributed by atoms with Gasteiger partial charge in [0.1, 0.15) is 5.75 Å². The quantitative estimate of drug-likeness (QED) is 0.871. The third-order valence-electron chi connectivity index (χ3n) is 5.14. The zero-order chi connectivity index (χ0) is 16.1. The highest BCUT2D eigenvalue weighted by molar-refractivity contribution is 5.70. The molecular weight excluding hydrogens is 290 g/mol. The first kappa shape index (κ1) is 16.3. The molecule has 1 aromatic rings. The minimum atomic E-state index is -0.669. The Morgan fingerprint density at radius 2 is 2.04 bits per heavy atom. The standard InChI is InChI=1S/C19H27NO3/c21-19(22)17-9-10-20(13-17)12-16-7-4-8-18(11-16)23-14-15-5-2-1-3-6-15/h4,7-8,11,15,17H,1-3,5-6,9-10,12-14H2,(H,21,22). The Labute approximate surface area is 138 Å². The lowest BCUT2D eigenvalue weighted by atomic mass is 9.90. The van der Waals surface area contributed by atoms with E-state index in [0.29, 0.717) is 12.5 Å². The predicted octanol–water partition coefficient (Wildman–Crippen LogP) is 3.55. The molecule has 4 nitrogen and oxygen atoms in total. The van der Waals surface area contributed by atoms with Gasteiger partial charge in [0.25, 0.3) is 0 Å². The van der Waals surface area contributed by atoms with Gasteiger partial charge in [0.15, 0.2) is 0 Å². The summed E-state index contributed by atoms with van der Waals surface area (Å²) in [5.41, 5.74) is 1.21. The van der Waals surface area contributed by atoms with Gasteiger partial charge >= 0.3 is 5.97 Å². The van der Waals surface area contributed by atoms with Gasteiger partial charge in [-0.25, -0.2) is 0 Å². The number of hydrogen-bond donors (Lipinski definition) is 1. The maximum atomic E-state index is 11.0. The Morgan fingerprint density at radius 3 is 2.78 bits per heavy atom. The van der Waals surface area contributed by atoms with Crippen molar-refractivity contribution in [2.75, 3.05) is 19.7 Å². The Bertz CT molecular complexity index is 525. The minimum absolute atomic E-state index is 0.208. The molecule has 4 heteroatoms. The van der Waals surface area contributed by atoms with Crippen molar-refractivity contribution >= 4 is 5.97 Å². The number of benzene rings is 1. The second kappa shape index (κ2) is 7.82. The van der Waals surface area contributed by atoms with Crippen LogP contribution in [-0.4, -0.2) is 35.7 Å². The summed E-state index contributed by atoms with van der Waals surface area (Å²) in [5, 5.41) is 9.09. The van der Waals surface area contributed by atoms with Gasteiger partial charge in [0.05, 0.1) is 12.5 Å². The molecule has 1 aliphatic heterocycles. The van der Waals surface area contributed by atoms with Gasteiger partial charge in [-0.15, -0.1) is 0 Å². The van der Waals surface area contributed by atoms with Crippen LogP contribution in [-0.2, 0) is 11.3 Å². The normalized spacial score (nSPS) is 23.0. The van der Waals surface area contributed by atoms with Crippen molar-refractivity contribution in [1.29, 1.82) is 0 Å². The number of rotatable bonds is 6. The molecule has 1 saturated carbocycles. The maximum Gasteiger partial charge on any atom is 0.307 e. The number of hydrogen-bond acceptors (Lipinski definition) is 3. The van der Waals surface area contributed by atoms with E-state index in [1.807, 2.05) is 12.1 Å². The monoisotopic (exact) mass is 317 g/mol. The highest BCUT2D eigenvalue weighted by Gasteiger charge is 2.27. The number of ether oxygens (including phenoxy) is 1. The molecule has 1 atom stereocenters. The zero-order valence-corrected chi connectivity index (χ0v) is 13.7. The topological polar surface area (TPSA) is 49.8 Å². The van der Waals surface area contributed by atoms with Gasteiger partial charge in [0, 0.05) is 13.1 Å². The molecule has 1 saturated heterocycles. The number of likely N-dealkylation sites (tertiary alicyclic amines) is 1. The second-order valence-electron chi connectivity index (χ2n) is 7.02. The molecule has 1 aromatic carbocycles. The fourth-order valence-corrected chi connectivity index (χ4v) is 3.74. The number of nitrogens with zero attached hydrogens (tertiary/aromatic N) is 1. The molecular formula is C19H27NO3. The van der Waals surface area contributed by atoms with E-state index in [9.17, 15) is 4.79 Å². The molecule has 1 aliphatic carbocycles. The van der Waals surface area contributed by atoms with Crippen LogP contribution in [0.1, 0.15) is 44.1 Å². The summed E-state index contributed by atoms with van der Waals surface area (Å²) in [6, 6.07) is 8.27. The van der Waals surface area contributed by atoms with Crippen LogP contribution >= 0.6 is 0 Å². The van der Waals surface area contributed by atoms with E-state index >= 15 is 0 Å². The highest BCUT2D eigenvalue weighted by atomic mass is 16.5. The van der Waals surface area contributed by atoms with Crippen molar-refractivity contribution in [1.82, 2.24) is 4.90 Å². The van der Waals surface area contributed by atoms with Crippen molar-refractivity contribution in [3.63, 3.8) is 0 Å². The molecule has 0 amide bonds. The molecule has 126 valence electrons. The summed E-state index contributed by atoms with van der Waals surface area (Å²) in [7, 11) is 0. The van der Waals surface area contributed by atoms with E-state index < -0.39 is 5.97 Å². The Hall–Kier alpha value is -1.55. The molecule has 0 bridgehead atoms. The largest absolute Gasteiger partial charge is 0.493 e. The number of carboxylic acids is 1. The fraction of sp³-hybridized carbons (Fsp3) is 0.632. The van der Waals surface area contributed by atoms with Gasteiger partial charge in [0.2, 0.25) is 0 Å². The van der Waals surface area contributed by atoms with Crippen LogP contribution in [0.5, 0.6) is 5.75 Å². The summed E-state index contributed by atoms with van der Waals surface area (Å²) >= 11 is 0. The van der Waals surface area contributed by atoms with Gasteiger partial charge in [-0.2, -0.15) is 0 Å². The lowest BCUT2D eigenvalue weighted by Gasteiger charge is -2.22. The van der Waals surface area contributed by atoms with E-state index in [4.69, 9.17) is 9.84 Å². The number of carboxylic acid groups (broad SMARTS) is 1. The van der Waals surface area contributed by atoms with E-state index in [1.54, 1.807) is 0 Å². The molecule has 1 unspecified atom stereocenters. The van der Waals surface area contributed by atoms with Crippen LogP contribution in [0.4, 0.5) is 0 Å². The molecule has 1 N–H and O–H groups in total. The van der Waals surface area contributed by atoms with E-state index in [0.717, 1.165) is 31.9 Å². The molecule has 2 aliphatic rings. The summed E-state index contributed by atoms with van der Waals surface area (Å²) in [6.07, 6.45) is 7.40. The summed E-state index contributed by atoms with van der Waals surface area (Å²) < 4.78 is 6.00. The third kappa shape index (κ3) is 4.71. The highest BCUT2D eigenvalue weighted by Crippen LogP contribution is 2.25. The fourth-order valence-electron chi connectivity index (χ4n) is 3.74. The SMILES string of the molecule is O=C(O)C1CCN(Cc2cccc(OCC3CCCCC3)c2)C1. The Balaban J connectivity index is 1.50. The maximum absolute atomic E-state index is 11.0. The summed E-state index contributed by atoms with van der Waals surface area (Å²) in [6.45, 7) is 3.16. The van der Waals surface area contributed by atoms with Crippen LogP contribution in [0, 0.1) is 11.8 Å². The van der Waals surface area contributed by atoms with Gasteiger partial charge in [-0.1, -0.05) is 31.4 Å². The summed E-state index contributed by atoms with van der Waals surface area (Å²) in [4.78, 5) is 13.3. The van der Waals surface area contributed by atoms with E-state index in [-0.39, 0.29) is 5.92 Å². The first-order chi connectivity index (χ1) is 11.2. The van der Waals surface area contributed by atoms with Crippen molar-refractivity contribution in [3.05, 3.63) is 29.8 Å². The van der Waals surface area contributed by atoms with Gasteiger partial charge in [-0.3, -0.25) is 9.69 Å². The average Bonchev–Trinajstić information content (AvgIpc) is 3.03. The van der Waals surface area contributed by atoms with Gasteiger partial charge < -0.3 is 9.84 Å². The first-order valence-electron chi connectivity index (χ1n) is 8.87. The summed E-state index contributed by atoms with van der Waals surface area (Å²) in [5.74, 6) is 0.780. The molecule has 0 aromatic heterocycles. The molecule has 23 heavy (non-hydrogen) atoms. The second-order valence-corrected chi connectivity index (χ2v) is 7.02. The first-order valence-corrected chi connectivity index (χ1v) is 8.87. The third-order valence-corrected chi connectivity index (χ3v) is 5.14. The molecule has 3 rings (SSSR count). The average molecular weight is 317 g/mol. The number of carbonyl (C=O) groups is 1.